The van der Waals surface area contributed by atoms with E-state index >= 15 is 0 Å². The van der Waals surface area contributed by atoms with Crippen LogP contribution in [0.5, 0.6) is 0 Å². The number of benzene rings is 1. The summed E-state index contributed by atoms with van der Waals surface area (Å²) in [6, 6.07) is 10.1. The van der Waals surface area contributed by atoms with E-state index in [1.54, 1.807) is 12.3 Å². The van der Waals surface area contributed by atoms with Crippen LogP contribution < -0.4 is 10.2 Å². The van der Waals surface area contributed by atoms with Crippen LogP contribution >= 0.6 is 0 Å². The highest BCUT2D eigenvalue weighted by molar-refractivity contribution is 5.96. The highest BCUT2D eigenvalue weighted by atomic mass is 19.4. The van der Waals surface area contributed by atoms with Crippen molar-refractivity contribution in [1.29, 1.82) is 0 Å². The molecule has 0 aliphatic carbocycles. The summed E-state index contributed by atoms with van der Waals surface area (Å²) in [5, 5.41) is 2.64. The van der Waals surface area contributed by atoms with Crippen molar-refractivity contribution in [2.45, 2.75) is 12.2 Å². The summed E-state index contributed by atoms with van der Waals surface area (Å²) in [5.41, 5.74) is -1.27. The summed E-state index contributed by atoms with van der Waals surface area (Å²) >= 11 is 0. The monoisotopic (exact) mass is 321 g/mol. The van der Waals surface area contributed by atoms with Gasteiger partial charge in [-0.3, -0.25) is 4.79 Å². The van der Waals surface area contributed by atoms with Crippen molar-refractivity contribution in [3.05, 3.63) is 59.8 Å². The molecule has 2 heterocycles. The maximum absolute atomic E-state index is 12.9. The molecule has 2 aromatic rings. The van der Waals surface area contributed by atoms with Gasteiger partial charge in [-0.05, 0) is 24.3 Å². The van der Waals surface area contributed by atoms with Crippen molar-refractivity contribution in [2.24, 2.45) is 0 Å². The number of hydrogen-bond donors (Lipinski definition) is 1. The minimum Gasteiger partial charge on any atom is -0.352 e. The Labute approximate surface area is 130 Å². The highest BCUT2D eigenvalue weighted by Crippen LogP contribution is 2.32. The fourth-order valence-electron chi connectivity index (χ4n) is 2.49. The summed E-state index contributed by atoms with van der Waals surface area (Å²) in [4.78, 5) is 18.2. The third-order valence-electron chi connectivity index (χ3n) is 3.67. The van der Waals surface area contributed by atoms with E-state index in [-0.39, 0.29) is 11.6 Å². The quantitative estimate of drug-likeness (QED) is 0.945. The number of halogens is 3. The molecular weight excluding hydrogens is 307 g/mol. The lowest BCUT2D eigenvalue weighted by atomic mass is 10.0. The van der Waals surface area contributed by atoms with Gasteiger partial charge in [-0.15, -0.1) is 0 Å². The Bertz CT molecular complexity index is 697. The van der Waals surface area contributed by atoms with Gasteiger partial charge in [-0.1, -0.05) is 18.2 Å². The molecule has 1 aromatic carbocycles. The van der Waals surface area contributed by atoms with E-state index in [9.17, 15) is 18.0 Å². The average Bonchev–Trinajstić information content (AvgIpc) is 2.50. The zero-order chi connectivity index (χ0) is 16.4. The van der Waals surface area contributed by atoms with Crippen LogP contribution in [-0.4, -0.2) is 30.0 Å². The van der Waals surface area contributed by atoms with Gasteiger partial charge in [0, 0.05) is 19.3 Å². The lowest BCUT2D eigenvalue weighted by Crippen LogP contribution is -2.59. The van der Waals surface area contributed by atoms with E-state index in [0.29, 0.717) is 13.1 Å². The molecule has 7 heteroatoms. The lowest BCUT2D eigenvalue weighted by Gasteiger charge is -2.40. The van der Waals surface area contributed by atoms with Crippen LogP contribution in [0.1, 0.15) is 15.9 Å². The van der Waals surface area contributed by atoms with Crippen LogP contribution in [0.4, 0.5) is 19.0 Å². The Kier molecular flexibility index (Phi) is 3.94. The molecule has 3 rings (SSSR count). The number of nitrogens with zero attached hydrogens (tertiary/aromatic N) is 2. The molecule has 0 spiro atoms. The number of amides is 1. The lowest BCUT2D eigenvalue weighted by molar-refractivity contribution is -0.137. The van der Waals surface area contributed by atoms with Crippen LogP contribution in [0, 0.1) is 0 Å². The highest BCUT2D eigenvalue weighted by Gasteiger charge is 2.36. The second-order valence-corrected chi connectivity index (χ2v) is 5.31. The van der Waals surface area contributed by atoms with Gasteiger partial charge in [0.15, 0.2) is 0 Å². The zero-order valence-electron chi connectivity index (χ0n) is 12.0. The van der Waals surface area contributed by atoms with E-state index in [2.05, 4.69) is 10.3 Å². The SMILES string of the molecule is O=C(NC1CN(c2ccccn2)C1)c1ccccc1C(F)(F)F. The van der Waals surface area contributed by atoms with Crippen LogP contribution in [0.15, 0.2) is 48.7 Å². The Morgan fingerprint density at radius 1 is 1.13 bits per heavy atom. The molecule has 1 saturated heterocycles. The van der Waals surface area contributed by atoms with Gasteiger partial charge in [-0.25, -0.2) is 4.98 Å². The Hall–Kier alpha value is -2.57. The molecule has 23 heavy (non-hydrogen) atoms. The summed E-state index contributed by atoms with van der Waals surface area (Å²) in [6.07, 6.45) is -2.88. The number of aromatic nitrogens is 1. The fraction of sp³-hybridized carbons (Fsp3) is 0.250. The Morgan fingerprint density at radius 2 is 1.83 bits per heavy atom. The van der Waals surface area contributed by atoms with Gasteiger partial charge < -0.3 is 10.2 Å². The Balaban J connectivity index is 1.64. The van der Waals surface area contributed by atoms with E-state index in [1.807, 2.05) is 17.0 Å². The average molecular weight is 321 g/mol. The second-order valence-electron chi connectivity index (χ2n) is 5.31. The first kappa shape index (κ1) is 15.3. The van der Waals surface area contributed by atoms with Crippen molar-refractivity contribution in [1.82, 2.24) is 10.3 Å². The van der Waals surface area contributed by atoms with E-state index in [0.717, 1.165) is 11.9 Å². The molecule has 1 fully saturated rings. The molecule has 1 aromatic heterocycles. The standard InChI is InChI=1S/C16H14F3N3O/c17-16(18,19)13-6-2-1-5-12(13)15(23)21-11-9-22(10-11)14-7-3-4-8-20-14/h1-8,11H,9-10H2,(H,21,23). The number of rotatable bonds is 3. The summed E-state index contributed by atoms with van der Waals surface area (Å²) in [6.45, 7) is 1.05. The van der Waals surface area contributed by atoms with E-state index in [4.69, 9.17) is 0 Å². The molecule has 1 aliphatic rings. The van der Waals surface area contributed by atoms with Crippen molar-refractivity contribution in [3.63, 3.8) is 0 Å². The summed E-state index contributed by atoms with van der Waals surface area (Å²) in [5.74, 6) is 0.0808. The van der Waals surface area contributed by atoms with E-state index in [1.165, 1.54) is 18.2 Å². The predicted molar refractivity (Wildman–Crippen MR) is 79.1 cm³/mol. The maximum atomic E-state index is 12.9. The molecule has 1 aliphatic heterocycles. The molecule has 0 unspecified atom stereocenters. The van der Waals surface area contributed by atoms with Gasteiger partial charge >= 0.3 is 6.18 Å². The van der Waals surface area contributed by atoms with Gasteiger partial charge in [0.1, 0.15) is 5.82 Å². The number of carbonyl (C=O) groups excluding carboxylic acids is 1. The zero-order valence-corrected chi connectivity index (χ0v) is 12.0. The first-order chi connectivity index (χ1) is 10.9. The third-order valence-corrected chi connectivity index (χ3v) is 3.67. The van der Waals surface area contributed by atoms with Crippen molar-refractivity contribution in [3.8, 4) is 0 Å². The molecule has 1 N–H and O–H groups in total. The molecule has 0 atom stereocenters. The number of nitrogens with one attached hydrogen (secondary N) is 1. The van der Waals surface area contributed by atoms with Gasteiger partial charge in [0.2, 0.25) is 0 Å². The largest absolute Gasteiger partial charge is 0.417 e. The number of anilines is 1. The summed E-state index contributed by atoms with van der Waals surface area (Å²) in [7, 11) is 0. The third kappa shape index (κ3) is 3.28. The van der Waals surface area contributed by atoms with Crippen LogP contribution in [0.25, 0.3) is 0 Å². The van der Waals surface area contributed by atoms with E-state index < -0.39 is 17.6 Å². The van der Waals surface area contributed by atoms with Gasteiger partial charge in [0.05, 0.1) is 17.2 Å². The van der Waals surface area contributed by atoms with Crippen molar-refractivity contribution >= 4 is 11.7 Å². The van der Waals surface area contributed by atoms with Crippen LogP contribution in [-0.2, 0) is 6.18 Å². The van der Waals surface area contributed by atoms with Crippen molar-refractivity contribution in [2.75, 3.05) is 18.0 Å². The molecule has 0 saturated carbocycles. The smallest absolute Gasteiger partial charge is 0.352 e. The molecule has 4 nitrogen and oxygen atoms in total. The molecule has 120 valence electrons. The minimum atomic E-state index is -4.55. The Morgan fingerprint density at radius 3 is 2.48 bits per heavy atom. The second kappa shape index (κ2) is 5.91. The maximum Gasteiger partial charge on any atom is 0.417 e. The van der Waals surface area contributed by atoms with Crippen LogP contribution in [0.2, 0.25) is 0 Å². The molecular formula is C16H14F3N3O. The van der Waals surface area contributed by atoms with Crippen molar-refractivity contribution < 1.29 is 18.0 Å². The fourth-order valence-corrected chi connectivity index (χ4v) is 2.49. The first-order valence-corrected chi connectivity index (χ1v) is 7.08. The molecule has 0 bridgehead atoms. The molecule has 0 radical (unpaired) electrons. The number of pyridine rings is 1. The predicted octanol–water partition coefficient (Wildman–Crippen LogP) is 2.72. The number of carbonyl (C=O) groups is 1. The van der Waals surface area contributed by atoms with Gasteiger partial charge in [0.25, 0.3) is 5.91 Å². The summed E-state index contributed by atoms with van der Waals surface area (Å²) < 4.78 is 38.8. The first-order valence-electron chi connectivity index (χ1n) is 7.08. The number of hydrogen-bond acceptors (Lipinski definition) is 3. The normalized spacial score (nSPS) is 15.2. The molecule has 1 amide bonds. The van der Waals surface area contributed by atoms with Crippen LogP contribution in [0.3, 0.4) is 0 Å². The topological polar surface area (TPSA) is 45.2 Å². The van der Waals surface area contributed by atoms with Gasteiger partial charge in [-0.2, -0.15) is 13.2 Å². The number of alkyl halides is 3. The minimum absolute atomic E-state index is 0.189.